The highest BCUT2D eigenvalue weighted by Gasteiger charge is 2.03. The molecule has 1 rings (SSSR count). The van der Waals surface area contributed by atoms with E-state index in [0.717, 1.165) is 57.4 Å². The van der Waals surface area contributed by atoms with Gasteiger partial charge in [-0.25, -0.2) is 0 Å². The van der Waals surface area contributed by atoms with Gasteiger partial charge in [0.1, 0.15) is 0 Å². The summed E-state index contributed by atoms with van der Waals surface area (Å²) in [6.45, 7) is 6.45. The smallest absolute Gasteiger partial charge is 0.191 e. The van der Waals surface area contributed by atoms with E-state index in [0.29, 0.717) is 0 Å². The van der Waals surface area contributed by atoms with Crippen LogP contribution in [0.4, 0.5) is 0 Å². The summed E-state index contributed by atoms with van der Waals surface area (Å²) < 4.78 is 5.30. The molecule has 2 N–H and O–H groups in total. The SMILES string of the molecule is CCNC(=NCCSC)NCCC1=CCOCC1. The molecule has 0 aromatic carbocycles. The molecule has 1 heterocycles. The lowest BCUT2D eigenvalue weighted by Gasteiger charge is -2.15. The highest BCUT2D eigenvalue weighted by Crippen LogP contribution is 2.10. The van der Waals surface area contributed by atoms with Crippen molar-refractivity contribution in [2.24, 2.45) is 4.99 Å². The number of hydrogen-bond donors (Lipinski definition) is 2. The average Bonchev–Trinajstić information content (AvgIpc) is 2.40. The maximum atomic E-state index is 5.30. The van der Waals surface area contributed by atoms with E-state index in [1.54, 1.807) is 0 Å². The first-order valence-corrected chi connectivity index (χ1v) is 8.03. The molecular weight excluding hydrogens is 246 g/mol. The number of aliphatic imine (C=N–C) groups is 1. The van der Waals surface area contributed by atoms with Gasteiger partial charge in [0.15, 0.2) is 5.96 Å². The van der Waals surface area contributed by atoms with Crippen LogP contribution in [0.2, 0.25) is 0 Å². The summed E-state index contributed by atoms with van der Waals surface area (Å²) >= 11 is 1.82. The minimum atomic E-state index is 0.775. The molecule has 5 heteroatoms. The Morgan fingerprint density at radius 3 is 3.06 bits per heavy atom. The van der Waals surface area contributed by atoms with E-state index < -0.39 is 0 Å². The average molecular weight is 271 g/mol. The van der Waals surface area contributed by atoms with E-state index >= 15 is 0 Å². The molecule has 0 bridgehead atoms. The molecule has 0 aromatic heterocycles. The van der Waals surface area contributed by atoms with Gasteiger partial charge in [0.05, 0.1) is 19.8 Å². The van der Waals surface area contributed by atoms with Gasteiger partial charge in [-0.1, -0.05) is 11.6 Å². The Balaban J connectivity index is 2.23. The fraction of sp³-hybridized carbons (Fsp3) is 0.769. The van der Waals surface area contributed by atoms with E-state index in [-0.39, 0.29) is 0 Å². The van der Waals surface area contributed by atoms with Crippen molar-refractivity contribution in [2.45, 2.75) is 19.8 Å². The van der Waals surface area contributed by atoms with Gasteiger partial charge >= 0.3 is 0 Å². The van der Waals surface area contributed by atoms with Crippen LogP contribution in [0.1, 0.15) is 19.8 Å². The third kappa shape index (κ3) is 6.91. The molecule has 18 heavy (non-hydrogen) atoms. The number of rotatable bonds is 7. The standard InChI is InChI=1S/C13H25N3OS/c1-3-14-13(16-8-11-18-2)15-7-4-12-5-9-17-10-6-12/h5H,3-4,6-11H2,1-2H3,(H2,14,15,16). The van der Waals surface area contributed by atoms with Crippen LogP contribution < -0.4 is 10.6 Å². The van der Waals surface area contributed by atoms with Crippen molar-refractivity contribution in [3.05, 3.63) is 11.6 Å². The van der Waals surface area contributed by atoms with E-state index in [9.17, 15) is 0 Å². The fourth-order valence-electron chi connectivity index (χ4n) is 1.72. The summed E-state index contributed by atoms with van der Waals surface area (Å²) in [5.74, 6) is 2.00. The molecule has 0 radical (unpaired) electrons. The Kier molecular flexibility index (Phi) is 8.77. The van der Waals surface area contributed by atoms with E-state index in [1.807, 2.05) is 11.8 Å². The van der Waals surface area contributed by atoms with E-state index in [2.05, 4.69) is 34.9 Å². The Bertz CT molecular complexity index is 279. The van der Waals surface area contributed by atoms with Gasteiger partial charge in [0.25, 0.3) is 0 Å². The predicted octanol–water partition coefficient (Wildman–Crippen LogP) is 1.64. The van der Waals surface area contributed by atoms with Crippen molar-refractivity contribution in [1.82, 2.24) is 10.6 Å². The highest BCUT2D eigenvalue weighted by molar-refractivity contribution is 7.98. The Labute approximate surface area is 115 Å². The van der Waals surface area contributed by atoms with Crippen molar-refractivity contribution < 1.29 is 4.74 Å². The Morgan fingerprint density at radius 2 is 2.39 bits per heavy atom. The zero-order chi connectivity index (χ0) is 13.1. The number of thioether (sulfide) groups is 1. The summed E-state index contributed by atoms with van der Waals surface area (Å²) in [6.07, 6.45) is 6.45. The van der Waals surface area contributed by atoms with Gasteiger partial charge in [0, 0.05) is 18.8 Å². The number of guanidine groups is 1. The van der Waals surface area contributed by atoms with Gasteiger partial charge in [-0.05, 0) is 26.0 Å². The second-order valence-electron chi connectivity index (χ2n) is 4.12. The molecule has 1 aliphatic rings. The summed E-state index contributed by atoms with van der Waals surface area (Å²) in [6, 6.07) is 0. The summed E-state index contributed by atoms with van der Waals surface area (Å²) in [5.41, 5.74) is 1.49. The first-order valence-electron chi connectivity index (χ1n) is 6.63. The minimum absolute atomic E-state index is 0.775. The molecule has 1 aliphatic heterocycles. The molecule has 0 aromatic rings. The van der Waals surface area contributed by atoms with Crippen LogP contribution >= 0.6 is 11.8 Å². The second kappa shape index (κ2) is 10.3. The topological polar surface area (TPSA) is 45.7 Å². The largest absolute Gasteiger partial charge is 0.377 e. The van der Waals surface area contributed by atoms with E-state index in [4.69, 9.17) is 4.74 Å². The number of ether oxygens (including phenoxy) is 1. The normalized spacial score (nSPS) is 16.3. The van der Waals surface area contributed by atoms with Crippen molar-refractivity contribution in [3.63, 3.8) is 0 Å². The maximum Gasteiger partial charge on any atom is 0.191 e. The molecule has 0 amide bonds. The van der Waals surface area contributed by atoms with Crippen molar-refractivity contribution >= 4 is 17.7 Å². The summed E-state index contributed by atoms with van der Waals surface area (Å²) in [7, 11) is 0. The molecule has 0 aliphatic carbocycles. The quantitative estimate of drug-likeness (QED) is 0.320. The summed E-state index contributed by atoms with van der Waals surface area (Å²) in [5, 5.41) is 6.64. The van der Waals surface area contributed by atoms with Gasteiger partial charge in [-0.15, -0.1) is 0 Å². The lowest BCUT2D eigenvalue weighted by molar-refractivity contribution is 0.153. The Morgan fingerprint density at radius 1 is 1.50 bits per heavy atom. The van der Waals surface area contributed by atoms with E-state index in [1.165, 1.54) is 5.57 Å². The lowest BCUT2D eigenvalue weighted by atomic mass is 10.1. The molecule has 0 unspecified atom stereocenters. The summed E-state index contributed by atoms with van der Waals surface area (Å²) in [4.78, 5) is 4.52. The first-order chi connectivity index (χ1) is 8.86. The fourth-order valence-corrected chi connectivity index (χ4v) is 2.00. The molecular formula is C13H25N3OS. The van der Waals surface area contributed by atoms with Crippen LogP contribution in [-0.2, 0) is 4.74 Å². The highest BCUT2D eigenvalue weighted by atomic mass is 32.2. The third-order valence-electron chi connectivity index (χ3n) is 2.71. The van der Waals surface area contributed by atoms with Crippen LogP contribution in [0.25, 0.3) is 0 Å². The molecule has 104 valence electrons. The Hall–Kier alpha value is -0.680. The number of nitrogens with one attached hydrogen (secondary N) is 2. The van der Waals surface area contributed by atoms with Crippen LogP contribution in [0.3, 0.4) is 0 Å². The second-order valence-corrected chi connectivity index (χ2v) is 5.10. The molecule has 0 spiro atoms. The van der Waals surface area contributed by atoms with Gasteiger partial charge in [0.2, 0.25) is 0 Å². The van der Waals surface area contributed by atoms with Crippen molar-refractivity contribution in [2.75, 3.05) is 44.9 Å². The molecule has 4 nitrogen and oxygen atoms in total. The first kappa shape index (κ1) is 15.4. The maximum absolute atomic E-state index is 5.30. The number of nitrogens with zero attached hydrogens (tertiary/aromatic N) is 1. The molecule has 0 saturated carbocycles. The van der Waals surface area contributed by atoms with Gasteiger partial charge in [-0.2, -0.15) is 11.8 Å². The molecule has 0 atom stereocenters. The monoisotopic (exact) mass is 271 g/mol. The number of hydrogen-bond acceptors (Lipinski definition) is 3. The van der Waals surface area contributed by atoms with Crippen LogP contribution in [-0.4, -0.2) is 50.8 Å². The minimum Gasteiger partial charge on any atom is -0.377 e. The van der Waals surface area contributed by atoms with Gasteiger partial charge < -0.3 is 15.4 Å². The third-order valence-corrected chi connectivity index (χ3v) is 3.30. The molecule has 0 saturated heterocycles. The van der Waals surface area contributed by atoms with Crippen LogP contribution in [0, 0.1) is 0 Å². The van der Waals surface area contributed by atoms with Crippen LogP contribution in [0.15, 0.2) is 16.6 Å². The molecule has 0 fully saturated rings. The zero-order valence-electron chi connectivity index (χ0n) is 11.5. The van der Waals surface area contributed by atoms with Gasteiger partial charge in [-0.3, -0.25) is 4.99 Å². The zero-order valence-corrected chi connectivity index (χ0v) is 12.3. The van der Waals surface area contributed by atoms with Crippen molar-refractivity contribution in [1.29, 1.82) is 0 Å². The lowest BCUT2D eigenvalue weighted by Crippen LogP contribution is -2.38. The van der Waals surface area contributed by atoms with Crippen LogP contribution in [0.5, 0.6) is 0 Å². The predicted molar refractivity (Wildman–Crippen MR) is 80.5 cm³/mol. The van der Waals surface area contributed by atoms with Crippen molar-refractivity contribution in [3.8, 4) is 0 Å².